The van der Waals surface area contributed by atoms with Gasteiger partial charge < -0.3 is 10.2 Å². The summed E-state index contributed by atoms with van der Waals surface area (Å²) >= 11 is 0. The average Bonchev–Trinajstić information content (AvgIpc) is 3.22. The lowest BCUT2D eigenvalue weighted by Gasteiger charge is -2.63. The molecule has 2 aliphatic heterocycles. The number of nitrogens with one attached hydrogen (secondary N) is 1. The summed E-state index contributed by atoms with van der Waals surface area (Å²) in [6, 6.07) is 5.73. The first kappa shape index (κ1) is 19.6. The van der Waals surface area contributed by atoms with E-state index in [0.29, 0.717) is 24.0 Å². The molecule has 2 saturated heterocycles. The van der Waals surface area contributed by atoms with Crippen LogP contribution in [0, 0.1) is 18.7 Å². The maximum Gasteiger partial charge on any atom is 0.322 e. The summed E-state index contributed by atoms with van der Waals surface area (Å²) in [6.07, 6.45) is 8.72. The van der Waals surface area contributed by atoms with Gasteiger partial charge >= 0.3 is 6.03 Å². The Kier molecular flexibility index (Phi) is 4.68. The Bertz CT molecular complexity index is 1100. The van der Waals surface area contributed by atoms with Crippen LogP contribution in [0.5, 0.6) is 0 Å². The predicted molar refractivity (Wildman–Crippen MR) is 113 cm³/mol. The van der Waals surface area contributed by atoms with E-state index in [2.05, 4.69) is 32.5 Å². The fourth-order valence-corrected chi connectivity index (χ4v) is 5.25. The molecule has 2 aliphatic rings. The molecule has 0 radical (unpaired) electrons. The first-order chi connectivity index (χ1) is 14.9. The third kappa shape index (κ3) is 3.54. The predicted octanol–water partition coefficient (Wildman–Crippen LogP) is 3.66. The maximum atomic E-state index is 13.3. The lowest BCUT2D eigenvalue weighted by molar-refractivity contribution is -0.100. The van der Waals surface area contributed by atoms with Crippen LogP contribution in [0.25, 0.3) is 11.4 Å². The zero-order valence-electron chi connectivity index (χ0n) is 17.5. The monoisotopic (exact) mass is 421 g/mol. The molecule has 9 heteroatoms. The first-order valence-electron chi connectivity index (χ1n) is 10.5. The SMILES string of the molecule is Cc1ccc(NC(=O)N2[C@@H]3C[C@@H](C)C[C@@]2(Cn2ccnn2)C3)cc1-c1ncc(F)cn1. The van der Waals surface area contributed by atoms with E-state index in [-0.39, 0.29) is 17.6 Å². The number of aromatic nitrogens is 5. The van der Waals surface area contributed by atoms with Crippen LogP contribution < -0.4 is 5.32 Å². The Hall–Kier alpha value is -3.36. The van der Waals surface area contributed by atoms with Crippen LogP contribution in [0.2, 0.25) is 0 Å². The number of amides is 2. The molecule has 2 fully saturated rings. The normalized spacial score (nSPS) is 24.5. The minimum atomic E-state index is -0.484. The van der Waals surface area contributed by atoms with Gasteiger partial charge in [-0.15, -0.1) is 5.10 Å². The molecule has 0 unspecified atom stereocenters. The van der Waals surface area contributed by atoms with Crippen molar-refractivity contribution in [2.24, 2.45) is 5.92 Å². The van der Waals surface area contributed by atoms with Crippen molar-refractivity contribution < 1.29 is 9.18 Å². The molecule has 2 bridgehead atoms. The molecule has 5 rings (SSSR count). The van der Waals surface area contributed by atoms with Crippen molar-refractivity contribution in [3.8, 4) is 11.4 Å². The number of hydrogen-bond donors (Lipinski definition) is 1. The van der Waals surface area contributed by atoms with Crippen LogP contribution in [-0.4, -0.2) is 47.5 Å². The minimum absolute atomic E-state index is 0.113. The number of benzene rings is 1. The molecule has 1 aromatic carbocycles. The highest BCUT2D eigenvalue weighted by atomic mass is 19.1. The number of carbonyl (C=O) groups is 1. The van der Waals surface area contributed by atoms with Gasteiger partial charge in [0.1, 0.15) is 0 Å². The molecule has 8 nitrogen and oxygen atoms in total. The van der Waals surface area contributed by atoms with Gasteiger partial charge in [0.15, 0.2) is 11.6 Å². The quantitative estimate of drug-likeness (QED) is 0.695. The molecule has 0 saturated carbocycles. The van der Waals surface area contributed by atoms with Crippen molar-refractivity contribution in [3.63, 3.8) is 0 Å². The van der Waals surface area contributed by atoms with Gasteiger partial charge in [0, 0.05) is 23.5 Å². The minimum Gasteiger partial charge on any atom is -0.314 e. The molecule has 2 amide bonds. The van der Waals surface area contributed by atoms with E-state index in [0.717, 1.165) is 42.8 Å². The molecule has 160 valence electrons. The van der Waals surface area contributed by atoms with Crippen LogP contribution in [0.4, 0.5) is 14.9 Å². The van der Waals surface area contributed by atoms with Crippen molar-refractivity contribution in [1.29, 1.82) is 0 Å². The molecule has 3 atom stereocenters. The van der Waals surface area contributed by atoms with Crippen LogP contribution in [0.15, 0.2) is 43.0 Å². The second kappa shape index (κ2) is 7.40. The van der Waals surface area contributed by atoms with Crippen LogP contribution >= 0.6 is 0 Å². The molecule has 2 aromatic heterocycles. The zero-order chi connectivity index (χ0) is 21.6. The van der Waals surface area contributed by atoms with E-state index < -0.39 is 5.82 Å². The van der Waals surface area contributed by atoms with E-state index in [1.165, 1.54) is 0 Å². The van der Waals surface area contributed by atoms with Crippen LogP contribution in [0.1, 0.15) is 31.7 Å². The summed E-state index contributed by atoms with van der Waals surface area (Å²) in [5.74, 6) is 0.502. The number of fused-ring (bicyclic) bond motifs is 2. The lowest BCUT2D eigenvalue weighted by atomic mass is 9.64. The second-order valence-electron chi connectivity index (χ2n) is 8.78. The number of aryl methyl sites for hydroxylation is 1. The Labute approximate surface area is 179 Å². The zero-order valence-corrected chi connectivity index (χ0v) is 17.5. The highest BCUT2D eigenvalue weighted by molar-refractivity contribution is 5.91. The topological polar surface area (TPSA) is 88.8 Å². The smallest absolute Gasteiger partial charge is 0.314 e. The number of piperidine rings is 1. The summed E-state index contributed by atoms with van der Waals surface area (Å²) in [6.45, 7) is 4.82. The third-order valence-electron chi connectivity index (χ3n) is 6.39. The van der Waals surface area contributed by atoms with Crippen molar-refractivity contribution in [1.82, 2.24) is 29.9 Å². The highest BCUT2D eigenvalue weighted by Gasteiger charge is 2.58. The fraction of sp³-hybridized carbons (Fsp3) is 0.409. The number of hydrogen-bond acceptors (Lipinski definition) is 5. The van der Waals surface area contributed by atoms with Gasteiger partial charge in [0.2, 0.25) is 0 Å². The molecule has 1 N–H and O–H groups in total. The molecule has 4 heterocycles. The number of anilines is 1. The lowest BCUT2D eigenvalue weighted by Crippen LogP contribution is -2.73. The maximum absolute atomic E-state index is 13.3. The molecular formula is C22H24FN7O. The average molecular weight is 421 g/mol. The summed E-state index contributed by atoms with van der Waals surface area (Å²) in [7, 11) is 0. The van der Waals surface area contributed by atoms with Crippen LogP contribution in [-0.2, 0) is 6.54 Å². The van der Waals surface area contributed by atoms with Crippen molar-refractivity contribution in [2.45, 2.75) is 51.2 Å². The van der Waals surface area contributed by atoms with E-state index in [4.69, 9.17) is 0 Å². The van der Waals surface area contributed by atoms with Crippen molar-refractivity contribution >= 4 is 11.7 Å². The largest absolute Gasteiger partial charge is 0.322 e. The first-order valence-corrected chi connectivity index (χ1v) is 10.5. The summed E-state index contributed by atoms with van der Waals surface area (Å²) in [5, 5.41) is 11.1. The number of halogens is 1. The summed E-state index contributed by atoms with van der Waals surface area (Å²) in [4.78, 5) is 23.5. The van der Waals surface area contributed by atoms with E-state index in [1.807, 2.05) is 40.9 Å². The number of carbonyl (C=O) groups excluding carboxylic acids is 1. The summed E-state index contributed by atoms with van der Waals surface area (Å²) < 4.78 is 15.0. The number of nitrogens with zero attached hydrogens (tertiary/aromatic N) is 6. The van der Waals surface area contributed by atoms with Crippen molar-refractivity contribution in [3.05, 3.63) is 54.4 Å². The molecule has 0 aliphatic carbocycles. The second-order valence-corrected chi connectivity index (χ2v) is 8.78. The fourth-order valence-electron chi connectivity index (χ4n) is 5.25. The Balaban J connectivity index is 1.38. The van der Waals surface area contributed by atoms with E-state index in [9.17, 15) is 9.18 Å². The van der Waals surface area contributed by atoms with Gasteiger partial charge in [-0.05, 0) is 49.8 Å². The Morgan fingerprint density at radius 2 is 2.10 bits per heavy atom. The van der Waals surface area contributed by atoms with Gasteiger partial charge in [-0.3, -0.25) is 4.68 Å². The van der Waals surface area contributed by atoms with Gasteiger partial charge in [0.25, 0.3) is 0 Å². The highest BCUT2D eigenvalue weighted by Crippen LogP contribution is 2.50. The Morgan fingerprint density at radius 1 is 1.29 bits per heavy atom. The molecular weight excluding hydrogens is 397 g/mol. The number of urea groups is 1. The van der Waals surface area contributed by atoms with Gasteiger partial charge in [-0.1, -0.05) is 18.2 Å². The molecule has 31 heavy (non-hydrogen) atoms. The van der Waals surface area contributed by atoms with E-state index in [1.54, 1.807) is 6.20 Å². The Morgan fingerprint density at radius 3 is 2.84 bits per heavy atom. The van der Waals surface area contributed by atoms with Crippen LogP contribution in [0.3, 0.4) is 0 Å². The molecule has 3 aromatic rings. The third-order valence-corrected chi connectivity index (χ3v) is 6.39. The molecule has 0 spiro atoms. The van der Waals surface area contributed by atoms with Gasteiger partial charge in [0.05, 0.1) is 30.7 Å². The van der Waals surface area contributed by atoms with E-state index >= 15 is 0 Å². The van der Waals surface area contributed by atoms with Gasteiger partial charge in [-0.2, -0.15) is 0 Å². The standard InChI is InChI=1S/C22H24FN7O/c1-14-7-18-10-22(9-14,13-29-6-5-26-28-29)30(18)21(31)27-17-4-3-15(2)19(8-17)20-24-11-16(23)12-25-20/h3-6,8,11-12,14,18H,7,9-10,13H2,1-2H3,(H,27,31)/t14-,18-,22+/m1/s1. The van der Waals surface area contributed by atoms with Gasteiger partial charge in [-0.25, -0.2) is 19.2 Å². The summed E-state index contributed by atoms with van der Waals surface area (Å²) in [5.41, 5.74) is 2.12. The number of rotatable bonds is 4. The van der Waals surface area contributed by atoms with Crippen molar-refractivity contribution in [2.75, 3.05) is 5.32 Å².